The number of aromatic nitrogens is 1. The van der Waals surface area contributed by atoms with Crippen LogP contribution in [-0.2, 0) is 17.6 Å². The molecule has 1 N–H and O–H groups in total. The van der Waals surface area contributed by atoms with Crippen molar-refractivity contribution < 1.29 is 14.3 Å². The van der Waals surface area contributed by atoms with Gasteiger partial charge in [-0.2, -0.15) is 0 Å². The van der Waals surface area contributed by atoms with Gasteiger partial charge >= 0.3 is 0 Å². The third-order valence-electron chi connectivity index (χ3n) is 2.77. The average Bonchev–Trinajstić information content (AvgIpc) is 2.66. The highest BCUT2D eigenvalue weighted by atomic mass is 16.5. The van der Waals surface area contributed by atoms with Gasteiger partial charge in [-0.25, -0.2) is 4.98 Å². The summed E-state index contributed by atoms with van der Waals surface area (Å²) in [4.78, 5) is 4.21. The largest absolute Gasteiger partial charge is 0.446 e. The lowest BCUT2D eigenvalue weighted by atomic mass is 10.1. The van der Waals surface area contributed by atoms with E-state index in [1.165, 1.54) is 6.42 Å². The molecule has 1 aromatic rings. The molecular formula is C12H19NO3. The average molecular weight is 225 g/mol. The van der Waals surface area contributed by atoms with Crippen molar-refractivity contribution in [2.75, 3.05) is 6.61 Å². The van der Waals surface area contributed by atoms with Gasteiger partial charge in [0.05, 0.1) is 24.8 Å². The molecule has 0 spiro atoms. The molecule has 2 rings (SSSR count). The van der Waals surface area contributed by atoms with Crippen molar-refractivity contribution >= 4 is 0 Å². The lowest BCUT2D eigenvalue weighted by molar-refractivity contribution is 0.0130. The van der Waals surface area contributed by atoms with E-state index in [1.807, 2.05) is 0 Å². The Hall–Kier alpha value is -0.870. The molecule has 1 aliphatic rings. The number of aliphatic hydroxyl groups is 1. The maximum Gasteiger partial charge on any atom is 0.196 e. The molecule has 0 amide bonds. The van der Waals surface area contributed by atoms with Crippen LogP contribution in [0.2, 0.25) is 0 Å². The van der Waals surface area contributed by atoms with Gasteiger partial charge in [0.2, 0.25) is 0 Å². The summed E-state index contributed by atoms with van der Waals surface area (Å²) in [5.41, 5.74) is 0. The van der Waals surface area contributed by atoms with Crippen LogP contribution in [0.3, 0.4) is 0 Å². The second kappa shape index (κ2) is 5.46. The van der Waals surface area contributed by atoms with Crippen LogP contribution in [0.15, 0.2) is 10.6 Å². The highest BCUT2D eigenvalue weighted by Gasteiger charge is 2.17. The van der Waals surface area contributed by atoms with Crippen LogP contribution in [0.4, 0.5) is 0 Å². The molecule has 0 aliphatic carbocycles. The van der Waals surface area contributed by atoms with E-state index >= 15 is 0 Å². The molecule has 0 bridgehead atoms. The Morgan fingerprint density at radius 3 is 3.12 bits per heavy atom. The molecule has 2 heterocycles. The summed E-state index contributed by atoms with van der Waals surface area (Å²) in [5, 5.41) is 9.22. The molecule has 0 radical (unpaired) electrons. The number of hydrogen-bond acceptors (Lipinski definition) is 4. The van der Waals surface area contributed by atoms with E-state index in [9.17, 15) is 5.11 Å². The zero-order valence-electron chi connectivity index (χ0n) is 9.69. The van der Waals surface area contributed by atoms with Gasteiger partial charge in [-0.05, 0) is 26.2 Å². The first-order chi connectivity index (χ1) is 7.74. The van der Waals surface area contributed by atoms with E-state index < -0.39 is 0 Å². The molecule has 90 valence electrons. The van der Waals surface area contributed by atoms with Crippen LogP contribution >= 0.6 is 0 Å². The van der Waals surface area contributed by atoms with Crippen LogP contribution in [0.5, 0.6) is 0 Å². The fraction of sp³-hybridized carbons (Fsp3) is 0.750. The fourth-order valence-electron chi connectivity index (χ4n) is 1.99. The maximum absolute atomic E-state index is 9.22. The molecule has 1 aromatic heterocycles. The molecule has 1 fully saturated rings. The molecule has 4 heteroatoms. The first-order valence-electron chi connectivity index (χ1n) is 5.97. The lowest BCUT2D eigenvalue weighted by Gasteiger charge is -2.20. The third kappa shape index (κ3) is 3.32. The van der Waals surface area contributed by atoms with Crippen molar-refractivity contribution in [3.8, 4) is 0 Å². The number of ether oxygens (including phenoxy) is 1. The van der Waals surface area contributed by atoms with Crippen molar-refractivity contribution in [1.29, 1.82) is 0 Å². The van der Waals surface area contributed by atoms with E-state index in [4.69, 9.17) is 9.15 Å². The summed E-state index contributed by atoms with van der Waals surface area (Å²) in [6.07, 6.45) is 6.33. The number of oxazole rings is 1. The smallest absolute Gasteiger partial charge is 0.196 e. The van der Waals surface area contributed by atoms with Crippen LogP contribution < -0.4 is 0 Å². The van der Waals surface area contributed by atoms with Gasteiger partial charge < -0.3 is 14.3 Å². The summed E-state index contributed by atoms with van der Waals surface area (Å²) in [6, 6.07) is 0. The van der Waals surface area contributed by atoms with Crippen molar-refractivity contribution in [1.82, 2.24) is 4.98 Å². The molecule has 1 saturated heterocycles. The molecular weight excluding hydrogens is 206 g/mol. The van der Waals surface area contributed by atoms with Crippen molar-refractivity contribution in [3.63, 3.8) is 0 Å². The van der Waals surface area contributed by atoms with Gasteiger partial charge in [0.15, 0.2) is 5.89 Å². The highest BCUT2D eigenvalue weighted by molar-refractivity contribution is 4.96. The predicted octanol–water partition coefficient (Wildman–Crippen LogP) is 1.71. The monoisotopic (exact) mass is 225 g/mol. The summed E-state index contributed by atoms with van der Waals surface area (Å²) in [5.74, 6) is 1.48. The van der Waals surface area contributed by atoms with Crippen LogP contribution in [-0.4, -0.2) is 28.9 Å². The first kappa shape index (κ1) is 11.6. The standard InChI is InChI=1S/C12H19NO3/c1-9(14)6-11-8-13-12(16-11)7-10-4-2-3-5-15-10/h8-10,14H,2-7H2,1H3. The Bertz CT molecular complexity index is 316. The van der Waals surface area contributed by atoms with Crippen LogP contribution in [0.1, 0.15) is 37.8 Å². The molecule has 16 heavy (non-hydrogen) atoms. The summed E-state index contributed by atoms with van der Waals surface area (Å²) in [7, 11) is 0. The Morgan fingerprint density at radius 2 is 2.44 bits per heavy atom. The second-order valence-electron chi connectivity index (χ2n) is 4.47. The minimum Gasteiger partial charge on any atom is -0.446 e. The van der Waals surface area contributed by atoms with Gasteiger partial charge in [0.1, 0.15) is 5.76 Å². The minimum atomic E-state index is -0.383. The van der Waals surface area contributed by atoms with Gasteiger partial charge in [0.25, 0.3) is 0 Å². The quantitative estimate of drug-likeness (QED) is 0.847. The summed E-state index contributed by atoms with van der Waals surface area (Å²) in [6.45, 7) is 2.60. The fourth-order valence-corrected chi connectivity index (χ4v) is 1.99. The second-order valence-corrected chi connectivity index (χ2v) is 4.47. The molecule has 2 unspecified atom stereocenters. The first-order valence-corrected chi connectivity index (χ1v) is 5.97. The maximum atomic E-state index is 9.22. The summed E-state index contributed by atoms with van der Waals surface area (Å²) >= 11 is 0. The van der Waals surface area contributed by atoms with Crippen molar-refractivity contribution in [3.05, 3.63) is 17.8 Å². The number of hydrogen-bond donors (Lipinski definition) is 1. The Morgan fingerprint density at radius 1 is 1.56 bits per heavy atom. The van der Waals surface area contributed by atoms with E-state index in [2.05, 4.69) is 4.98 Å². The molecule has 1 aliphatic heterocycles. The molecule has 2 atom stereocenters. The Kier molecular flexibility index (Phi) is 3.96. The SMILES string of the molecule is CC(O)Cc1cnc(CC2CCCCO2)o1. The minimum absolute atomic E-state index is 0.256. The molecule has 0 aromatic carbocycles. The van der Waals surface area contributed by atoms with E-state index in [-0.39, 0.29) is 12.2 Å². The van der Waals surface area contributed by atoms with Crippen molar-refractivity contribution in [2.45, 2.75) is 51.2 Å². The zero-order valence-corrected chi connectivity index (χ0v) is 9.69. The predicted molar refractivity (Wildman–Crippen MR) is 59.2 cm³/mol. The molecule has 0 saturated carbocycles. The Balaban J connectivity index is 1.86. The van der Waals surface area contributed by atoms with Gasteiger partial charge in [-0.15, -0.1) is 0 Å². The van der Waals surface area contributed by atoms with Gasteiger partial charge in [-0.3, -0.25) is 0 Å². The van der Waals surface area contributed by atoms with E-state index in [1.54, 1.807) is 13.1 Å². The normalized spacial score (nSPS) is 23.2. The van der Waals surface area contributed by atoms with Crippen LogP contribution in [0.25, 0.3) is 0 Å². The van der Waals surface area contributed by atoms with Gasteiger partial charge in [-0.1, -0.05) is 0 Å². The number of rotatable bonds is 4. The van der Waals surface area contributed by atoms with Gasteiger partial charge in [0, 0.05) is 13.0 Å². The van der Waals surface area contributed by atoms with Crippen molar-refractivity contribution in [2.24, 2.45) is 0 Å². The van der Waals surface area contributed by atoms with Crippen LogP contribution in [0, 0.1) is 0 Å². The molecule has 4 nitrogen and oxygen atoms in total. The Labute approximate surface area is 95.6 Å². The summed E-state index contributed by atoms with van der Waals surface area (Å²) < 4.78 is 11.2. The van der Waals surface area contributed by atoms with E-state index in [0.29, 0.717) is 6.42 Å². The zero-order chi connectivity index (χ0) is 11.4. The topological polar surface area (TPSA) is 55.5 Å². The number of nitrogens with zero attached hydrogens (tertiary/aromatic N) is 1. The van der Waals surface area contributed by atoms with E-state index in [0.717, 1.165) is 37.5 Å². The lowest BCUT2D eigenvalue weighted by Crippen LogP contribution is -2.21. The third-order valence-corrected chi connectivity index (χ3v) is 2.77. The highest BCUT2D eigenvalue weighted by Crippen LogP contribution is 2.17. The number of aliphatic hydroxyl groups excluding tert-OH is 1.